The van der Waals surface area contributed by atoms with Crippen LogP contribution < -0.4 is 5.73 Å². The fourth-order valence-electron chi connectivity index (χ4n) is 0. The summed E-state index contributed by atoms with van der Waals surface area (Å²) in [5, 5.41) is 0. The smallest absolute Gasteiger partial charge is 0.0108 e. The zero-order chi connectivity index (χ0) is 4.00. The van der Waals surface area contributed by atoms with Crippen LogP contribution in [0, 0.1) is 0 Å². The molecular formula is C3H12ClN. The largest absolute Gasteiger partial charge is 0.333 e. The van der Waals surface area contributed by atoms with Gasteiger partial charge < -0.3 is 5.73 Å². The highest BCUT2D eigenvalue weighted by Gasteiger charge is 0.943. The lowest BCUT2D eigenvalue weighted by atomic mass is 11.6. The van der Waals surface area contributed by atoms with Gasteiger partial charge in [-0.1, -0.05) is 7.43 Å². The second kappa shape index (κ2) is 718. The fraction of sp³-hybridized carbons (Fsp3) is 1.00. The van der Waals surface area contributed by atoms with Crippen LogP contribution in [0.25, 0.3) is 0 Å². The van der Waals surface area contributed by atoms with Crippen LogP contribution in [0.3, 0.4) is 0 Å². The Labute approximate surface area is 39.1 Å². The zero-order valence-electron chi connectivity index (χ0n) is 2.96. The van der Waals surface area contributed by atoms with Gasteiger partial charge in [-0.05, 0) is 7.05 Å². The molecule has 0 atom stereocenters. The van der Waals surface area contributed by atoms with Crippen molar-refractivity contribution in [3.05, 3.63) is 0 Å². The molecule has 0 spiro atoms. The normalized spacial score (nSPS) is 2.40. The van der Waals surface area contributed by atoms with Crippen LogP contribution in [0.5, 0.6) is 0 Å². The van der Waals surface area contributed by atoms with Crippen LogP contribution in [0.15, 0.2) is 0 Å². The van der Waals surface area contributed by atoms with Crippen LogP contribution >= 0.6 is 11.6 Å². The Hall–Kier alpha value is 0.250. The molecule has 0 unspecified atom stereocenters. The quantitative estimate of drug-likeness (QED) is 0.450. The summed E-state index contributed by atoms with van der Waals surface area (Å²) >= 11 is 4.64. The molecule has 0 radical (unpaired) electrons. The van der Waals surface area contributed by atoms with E-state index in [2.05, 4.69) is 17.3 Å². The van der Waals surface area contributed by atoms with Crippen molar-refractivity contribution < 1.29 is 0 Å². The summed E-state index contributed by atoms with van der Waals surface area (Å²) in [4.78, 5) is 0. The molecule has 0 heterocycles. The summed E-state index contributed by atoms with van der Waals surface area (Å²) in [6.07, 6.45) is 1.47. The van der Waals surface area contributed by atoms with E-state index in [-0.39, 0.29) is 7.43 Å². The molecule has 0 fully saturated rings. The monoisotopic (exact) mass is 97.1 g/mol. The highest BCUT2D eigenvalue weighted by molar-refractivity contribution is 6.15. The summed E-state index contributed by atoms with van der Waals surface area (Å²) in [7, 11) is 1.50. The molecule has 5 heavy (non-hydrogen) atoms. The Morgan fingerprint density at radius 2 is 1.20 bits per heavy atom. The van der Waals surface area contributed by atoms with Crippen molar-refractivity contribution in [2.75, 3.05) is 13.4 Å². The summed E-state index contributed by atoms with van der Waals surface area (Å²) < 4.78 is 0. The lowest BCUT2D eigenvalue weighted by Crippen LogP contribution is -1.69. The summed E-state index contributed by atoms with van der Waals surface area (Å²) in [6, 6.07) is 0. The molecule has 0 bridgehead atoms. The van der Waals surface area contributed by atoms with Gasteiger partial charge in [-0.2, -0.15) is 0 Å². The van der Waals surface area contributed by atoms with Gasteiger partial charge in [-0.25, -0.2) is 0 Å². The molecule has 0 rings (SSSR count). The third kappa shape index (κ3) is 344. The van der Waals surface area contributed by atoms with Crippen LogP contribution in [0.1, 0.15) is 7.43 Å². The highest BCUT2D eigenvalue weighted by Crippen LogP contribution is 1.34. The first-order valence-electron chi connectivity index (χ1n) is 0.955. The molecule has 1 nitrogen and oxygen atoms in total. The molecule has 0 aromatic rings. The summed E-state index contributed by atoms with van der Waals surface area (Å²) in [5.41, 5.74) is 4.50. The fourth-order valence-corrected chi connectivity index (χ4v) is 0. The minimum absolute atomic E-state index is 0. The van der Waals surface area contributed by atoms with Gasteiger partial charge in [0.1, 0.15) is 0 Å². The van der Waals surface area contributed by atoms with Gasteiger partial charge in [0.05, 0.1) is 0 Å². The first kappa shape index (κ1) is 18.7. The van der Waals surface area contributed by atoms with E-state index in [9.17, 15) is 0 Å². The lowest BCUT2D eigenvalue weighted by molar-refractivity contribution is 1.48. The topological polar surface area (TPSA) is 26.0 Å². The third-order valence-corrected chi connectivity index (χ3v) is 0. The first-order valence-corrected chi connectivity index (χ1v) is 1.71. The van der Waals surface area contributed by atoms with E-state index in [0.29, 0.717) is 0 Å². The van der Waals surface area contributed by atoms with Crippen LogP contribution in [0.4, 0.5) is 0 Å². The molecule has 0 aromatic heterocycles. The molecule has 2 N–H and O–H groups in total. The SMILES string of the molecule is C.CCl.CN. The van der Waals surface area contributed by atoms with Crippen molar-refractivity contribution in [1.29, 1.82) is 0 Å². The number of nitrogens with two attached hydrogens (primary N) is 1. The average molecular weight is 97.6 g/mol. The number of hydrogen-bond acceptors (Lipinski definition) is 1. The number of halogens is 1. The summed E-state index contributed by atoms with van der Waals surface area (Å²) in [5.74, 6) is 0. The molecule has 36 valence electrons. The maximum Gasteiger partial charge on any atom is 0.0108 e. The Morgan fingerprint density at radius 1 is 1.20 bits per heavy atom. The van der Waals surface area contributed by atoms with Gasteiger partial charge >= 0.3 is 0 Å². The van der Waals surface area contributed by atoms with Crippen LogP contribution in [-0.2, 0) is 0 Å². The van der Waals surface area contributed by atoms with Crippen molar-refractivity contribution in [1.82, 2.24) is 0 Å². The van der Waals surface area contributed by atoms with E-state index in [4.69, 9.17) is 0 Å². The second-order valence-corrected chi connectivity index (χ2v) is 0. The van der Waals surface area contributed by atoms with Gasteiger partial charge in [0.15, 0.2) is 0 Å². The number of hydrogen-bond donors (Lipinski definition) is 1. The molecule has 0 saturated heterocycles. The third-order valence-electron chi connectivity index (χ3n) is 0. The predicted molar refractivity (Wildman–Crippen MR) is 28.6 cm³/mol. The van der Waals surface area contributed by atoms with E-state index < -0.39 is 0 Å². The molecule has 0 aromatic carbocycles. The van der Waals surface area contributed by atoms with E-state index in [1.807, 2.05) is 0 Å². The van der Waals surface area contributed by atoms with Gasteiger partial charge in [0.25, 0.3) is 0 Å². The molecule has 0 aliphatic heterocycles. The molecule has 0 aliphatic rings. The molecule has 0 saturated carbocycles. The minimum atomic E-state index is 0. The van der Waals surface area contributed by atoms with Crippen molar-refractivity contribution in [3.8, 4) is 0 Å². The molecular weight excluding hydrogens is 85.5 g/mol. The predicted octanol–water partition coefficient (Wildman–Crippen LogP) is 1.07. The molecule has 0 aliphatic carbocycles. The van der Waals surface area contributed by atoms with E-state index >= 15 is 0 Å². The van der Waals surface area contributed by atoms with E-state index in [0.717, 1.165) is 0 Å². The molecule has 0 amide bonds. The zero-order valence-corrected chi connectivity index (χ0v) is 3.71. The maximum atomic E-state index is 4.64. The molecule has 2 heteroatoms. The van der Waals surface area contributed by atoms with Gasteiger partial charge in [-0.3, -0.25) is 0 Å². The average Bonchev–Trinajstić information content (AvgIpc) is 1.50. The Bertz CT molecular complexity index is 6.85. The lowest BCUT2D eigenvalue weighted by Gasteiger charge is -1.19. The van der Waals surface area contributed by atoms with Gasteiger partial charge in [0, 0.05) is 6.38 Å². The highest BCUT2D eigenvalue weighted by atomic mass is 35.5. The maximum absolute atomic E-state index is 4.64. The van der Waals surface area contributed by atoms with Crippen molar-refractivity contribution in [2.24, 2.45) is 5.73 Å². The number of alkyl halides is 1. The Balaban J connectivity index is -0.0000000133. The first-order chi connectivity index (χ1) is 2.00. The number of rotatable bonds is 0. The Morgan fingerprint density at radius 3 is 1.20 bits per heavy atom. The van der Waals surface area contributed by atoms with Gasteiger partial charge in [-0.15, -0.1) is 11.6 Å². The second-order valence-electron chi connectivity index (χ2n) is 0. The Kier molecular flexibility index (Phi) is 2690. The van der Waals surface area contributed by atoms with E-state index in [1.165, 1.54) is 13.4 Å². The van der Waals surface area contributed by atoms with E-state index in [1.54, 1.807) is 0 Å². The minimum Gasteiger partial charge on any atom is -0.333 e. The van der Waals surface area contributed by atoms with Crippen molar-refractivity contribution in [3.63, 3.8) is 0 Å². The van der Waals surface area contributed by atoms with Crippen LogP contribution in [-0.4, -0.2) is 13.4 Å². The van der Waals surface area contributed by atoms with Crippen molar-refractivity contribution in [2.45, 2.75) is 7.43 Å². The summed E-state index contributed by atoms with van der Waals surface area (Å²) in [6.45, 7) is 0. The standard InChI is InChI=1S/CH3Cl.CH5N.CH4/c2*1-2;/h1H3;2H2,1H3;1H4. The van der Waals surface area contributed by atoms with Gasteiger partial charge in [0.2, 0.25) is 0 Å². The van der Waals surface area contributed by atoms with Crippen molar-refractivity contribution >= 4 is 11.6 Å². The van der Waals surface area contributed by atoms with Crippen LogP contribution in [0.2, 0.25) is 0 Å².